The summed E-state index contributed by atoms with van der Waals surface area (Å²) >= 11 is 6.72. The molecule has 0 aliphatic heterocycles. The molecule has 102 valence electrons. The third-order valence-corrected chi connectivity index (χ3v) is 3.30. The van der Waals surface area contributed by atoms with Gasteiger partial charge in [-0.1, -0.05) is 29.0 Å². The third kappa shape index (κ3) is 3.59. The number of pyridine rings is 1. The number of nitrogens with zero attached hydrogens (tertiary/aromatic N) is 4. The van der Waals surface area contributed by atoms with Crippen molar-refractivity contribution in [1.82, 2.24) is 4.98 Å². The lowest BCUT2D eigenvalue weighted by atomic mass is 10.3. The van der Waals surface area contributed by atoms with E-state index in [4.69, 9.17) is 17.3 Å². The minimum atomic E-state index is -0.463. The topological polar surface area (TPSA) is 107 Å². The molecule has 0 fully saturated rings. The van der Waals surface area contributed by atoms with Gasteiger partial charge >= 0.3 is 5.00 Å². The molecule has 0 aliphatic carbocycles. The maximum absolute atomic E-state index is 10.5. The number of halogens is 1. The van der Waals surface area contributed by atoms with Crippen molar-refractivity contribution in [3.05, 3.63) is 56.2 Å². The number of thiophene rings is 1. The van der Waals surface area contributed by atoms with Gasteiger partial charge in [-0.15, -0.1) is 5.10 Å². The van der Waals surface area contributed by atoms with E-state index < -0.39 is 4.92 Å². The van der Waals surface area contributed by atoms with Gasteiger partial charge in [0.15, 0.2) is 5.84 Å². The standard InChI is InChI=1S/C11H8ClN5O2S/c12-9-3-1-2-8(15-9)11(13)16-14-6-7-4-5-10(20-7)17(18)19/h1-6H,(H2,13,16)/b14-6+. The summed E-state index contributed by atoms with van der Waals surface area (Å²) in [7, 11) is 0. The lowest BCUT2D eigenvalue weighted by Gasteiger charge is -1.97. The Morgan fingerprint density at radius 1 is 1.45 bits per heavy atom. The first-order valence-corrected chi connectivity index (χ1v) is 6.49. The van der Waals surface area contributed by atoms with E-state index in [-0.39, 0.29) is 10.8 Å². The van der Waals surface area contributed by atoms with E-state index in [2.05, 4.69) is 15.2 Å². The van der Waals surface area contributed by atoms with Crippen LogP contribution in [0.15, 0.2) is 40.5 Å². The number of hydrogen-bond acceptors (Lipinski definition) is 6. The summed E-state index contributed by atoms with van der Waals surface area (Å²) in [4.78, 5) is 14.6. The van der Waals surface area contributed by atoms with E-state index in [0.29, 0.717) is 15.7 Å². The Kier molecular flexibility index (Phi) is 4.38. The van der Waals surface area contributed by atoms with Gasteiger partial charge in [0.05, 0.1) is 16.0 Å². The fourth-order valence-corrected chi connectivity index (χ4v) is 2.11. The van der Waals surface area contributed by atoms with Crippen LogP contribution >= 0.6 is 22.9 Å². The molecule has 0 aromatic carbocycles. The Labute approximate surface area is 122 Å². The summed E-state index contributed by atoms with van der Waals surface area (Å²) in [6.45, 7) is 0. The Morgan fingerprint density at radius 2 is 2.25 bits per heavy atom. The van der Waals surface area contributed by atoms with Gasteiger partial charge in [-0.3, -0.25) is 10.1 Å². The lowest BCUT2D eigenvalue weighted by Crippen LogP contribution is -2.14. The molecule has 0 saturated heterocycles. The zero-order chi connectivity index (χ0) is 14.5. The minimum absolute atomic E-state index is 0.0416. The monoisotopic (exact) mass is 309 g/mol. The van der Waals surface area contributed by atoms with E-state index in [1.54, 1.807) is 24.3 Å². The van der Waals surface area contributed by atoms with Crippen LogP contribution in [-0.4, -0.2) is 22.0 Å². The molecule has 0 amide bonds. The van der Waals surface area contributed by atoms with Gasteiger partial charge in [0.1, 0.15) is 10.8 Å². The maximum Gasteiger partial charge on any atom is 0.324 e. The highest BCUT2D eigenvalue weighted by molar-refractivity contribution is 7.16. The normalized spacial score (nSPS) is 11.9. The van der Waals surface area contributed by atoms with Crippen molar-refractivity contribution >= 4 is 40.0 Å². The first kappa shape index (κ1) is 14.1. The van der Waals surface area contributed by atoms with Crippen molar-refractivity contribution in [3.8, 4) is 0 Å². The fourth-order valence-electron chi connectivity index (χ4n) is 1.26. The zero-order valence-corrected chi connectivity index (χ0v) is 11.5. The van der Waals surface area contributed by atoms with Crippen molar-refractivity contribution in [2.24, 2.45) is 15.9 Å². The predicted octanol–water partition coefficient (Wildman–Crippen LogP) is 2.44. The second-order valence-electron chi connectivity index (χ2n) is 3.51. The first-order valence-electron chi connectivity index (χ1n) is 5.30. The second kappa shape index (κ2) is 6.22. The van der Waals surface area contributed by atoms with Crippen molar-refractivity contribution in [2.45, 2.75) is 0 Å². The lowest BCUT2D eigenvalue weighted by molar-refractivity contribution is -0.380. The van der Waals surface area contributed by atoms with Gasteiger partial charge in [0, 0.05) is 6.07 Å². The van der Waals surface area contributed by atoms with Crippen molar-refractivity contribution < 1.29 is 4.92 Å². The van der Waals surface area contributed by atoms with Crippen LogP contribution in [0.2, 0.25) is 5.15 Å². The molecule has 7 nitrogen and oxygen atoms in total. The van der Waals surface area contributed by atoms with E-state index in [0.717, 1.165) is 11.3 Å². The SMILES string of the molecule is N/C(=N\N=C\c1ccc([N+](=O)[O-])s1)c1cccc(Cl)n1. The second-order valence-corrected chi connectivity index (χ2v) is 4.99. The molecule has 0 unspecified atom stereocenters. The van der Waals surface area contributed by atoms with Gasteiger partial charge in [-0.05, 0) is 18.2 Å². The van der Waals surface area contributed by atoms with Crippen LogP contribution < -0.4 is 5.73 Å². The Hall–Kier alpha value is -2.32. The van der Waals surface area contributed by atoms with Gasteiger partial charge in [-0.25, -0.2) is 4.98 Å². The van der Waals surface area contributed by atoms with E-state index in [1.807, 2.05) is 0 Å². The molecule has 0 atom stereocenters. The number of hydrogen-bond donors (Lipinski definition) is 1. The molecule has 2 heterocycles. The summed E-state index contributed by atoms with van der Waals surface area (Å²) in [5.41, 5.74) is 6.10. The molecule has 2 aromatic heterocycles. The van der Waals surface area contributed by atoms with Crippen LogP contribution in [0.1, 0.15) is 10.6 Å². The van der Waals surface area contributed by atoms with E-state index >= 15 is 0 Å². The van der Waals surface area contributed by atoms with Gasteiger partial charge < -0.3 is 5.73 Å². The quantitative estimate of drug-likeness (QED) is 0.308. The van der Waals surface area contributed by atoms with Crippen molar-refractivity contribution in [2.75, 3.05) is 0 Å². The Balaban J connectivity index is 2.11. The van der Waals surface area contributed by atoms with Crippen LogP contribution in [0.4, 0.5) is 5.00 Å². The molecule has 9 heteroatoms. The van der Waals surface area contributed by atoms with Crippen LogP contribution in [0.3, 0.4) is 0 Å². The highest BCUT2D eigenvalue weighted by atomic mass is 35.5. The molecule has 20 heavy (non-hydrogen) atoms. The van der Waals surface area contributed by atoms with E-state index in [9.17, 15) is 10.1 Å². The van der Waals surface area contributed by atoms with Crippen LogP contribution in [0, 0.1) is 10.1 Å². The van der Waals surface area contributed by atoms with E-state index in [1.165, 1.54) is 12.3 Å². The van der Waals surface area contributed by atoms with Gasteiger partial charge in [0.25, 0.3) is 0 Å². The average Bonchev–Trinajstić information content (AvgIpc) is 2.87. The molecule has 0 bridgehead atoms. The highest BCUT2D eigenvalue weighted by Crippen LogP contribution is 2.22. The molecular weight excluding hydrogens is 302 g/mol. The largest absolute Gasteiger partial charge is 0.380 e. The first-order chi connectivity index (χ1) is 9.56. The summed E-state index contributed by atoms with van der Waals surface area (Å²) in [6.07, 6.45) is 1.38. The molecule has 0 aliphatic rings. The smallest absolute Gasteiger partial charge is 0.324 e. The summed E-state index contributed by atoms with van der Waals surface area (Å²) in [5, 5.41) is 18.4. The van der Waals surface area contributed by atoms with Crippen molar-refractivity contribution in [3.63, 3.8) is 0 Å². The number of nitro groups is 1. The fraction of sp³-hybridized carbons (Fsp3) is 0. The number of amidine groups is 1. The van der Waals surface area contributed by atoms with Gasteiger partial charge in [0.2, 0.25) is 0 Å². The summed E-state index contributed by atoms with van der Waals surface area (Å²) < 4.78 is 0. The summed E-state index contributed by atoms with van der Waals surface area (Å²) in [5.74, 6) is 0.106. The van der Waals surface area contributed by atoms with Crippen LogP contribution in [0.5, 0.6) is 0 Å². The molecule has 0 saturated carbocycles. The van der Waals surface area contributed by atoms with Gasteiger partial charge in [-0.2, -0.15) is 5.10 Å². The Morgan fingerprint density at radius 3 is 2.90 bits per heavy atom. The predicted molar refractivity (Wildman–Crippen MR) is 78.5 cm³/mol. The molecule has 0 radical (unpaired) electrons. The number of aromatic nitrogens is 1. The minimum Gasteiger partial charge on any atom is -0.380 e. The molecule has 0 spiro atoms. The molecule has 2 aromatic rings. The molecule has 2 rings (SSSR count). The molecular formula is C11H8ClN5O2S. The van der Waals surface area contributed by atoms with Crippen LogP contribution in [-0.2, 0) is 0 Å². The number of rotatable bonds is 4. The van der Waals surface area contributed by atoms with Crippen molar-refractivity contribution in [1.29, 1.82) is 0 Å². The maximum atomic E-state index is 10.5. The Bertz CT molecular complexity index is 698. The molecule has 2 N–H and O–H groups in total. The number of nitrogens with two attached hydrogens (primary N) is 1. The van der Waals surface area contributed by atoms with Crippen LogP contribution in [0.25, 0.3) is 0 Å². The average molecular weight is 310 g/mol. The third-order valence-electron chi connectivity index (χ3n) is 2.12. The zero-order valence-electron chi connectivity index (χ0n) is 9.93. The highest BCUT2D eigenvalue weighted by Gasteiger charge is 2.07. The summed E-state index contributed by atoms with van der Waals surface area (Å²) in [6, 6.07) is 7.94.